The number of pyridine rings is 1. The zero-order valence-corrected chi connectivity index (χ0v) is 11.1. The summed E-state index contributed by atoms with van der Waals surface area (Å²) in [5.41, 5.74) is -0.394. The van der Waals surface area contributed by atoms with Gasteiger partial charge in [0.2, 0.25) is 0 Å². The topological polar surface area (TPSA) is 22.1 Å². The van der Waals surface area contributed by atoms with E-state index in [0.717, 1.165) is 4.47 Å². The van der Waals surface area contributed by atoms with Crippen LogP contribution in [0.5, 0.6) is 5.75 Å². The van der Waals surface area contributed by atoms with Crippen molar-refractivity contribution in [3.63, 3.8) is 0 Å². The molecule has 0 saturated heterocycles. The standard InChI is InChI=1S/C13H10BrF2NO/c1-18-11-6-7-12(17-8-11)13(15,16)9-2-4-10(14)5-3-9/h2-8H,1H3. The maximum atomic E-state index is 14.1. The van der Waals surface area contributed by atoms with Crippen LogP contribution in [0.2, 0.25) is 0 Å². The van der Waals surface area contributed by atoms with Gasteiger partial charge in [-0.25, -0.2) is 0 Å². The smallest absolute Gasteiger partial charge is 0.314 e. The van der Waals surface area contributed by atoms with Gasteiger partial charge in [-0.3, -0.25) is 4.98 Å². The molecule has 2 aromatic rings. The highest BCUT2D eigenvalue weighted by atomic mass is 79.9. The van der Waals surface area contributed by atoms with E-state index in [9.17, 15) is 8.78 Å². The summed E-state index contributed by atoms with van der Waals surface area (Å²) in [7, 11) is 1.46. The largest absolute Gasteiger partial charge is 0.495 e. The molecule has 1 aromatic heterocycles. The van der Waals surface area contributed by atoms with Crippen molar-refractivity contribution >= 4 is 15.9 Å². The maximum Gasteiger partial charge on any atom is 0.314 e. The number of hydrogen-bond donors (Lipinski definition) is 0. The number of benzene rings is 1. The van der Waals surface area contributed by atoms with E-state index in [4.69, 9.17) is 4.74 Å². The zero-order valence-electron chi connectivity index (χ0n) is 9.53. The van der Waals surface area contributed by atoms with E-state index in [1.165, 1.54) is 37.6 Å². The molecule has 0 aliphatic carbocycles. The van der Waals surface area contributed by atoms with Gasteiger partial charge in [0.25, 0.3) is 0 Å². The first kappa shape index (κ1) is 13.0. The average molecular weight is 314 g/mol. The highest BCUT2D eigenvalue weighted by Crippen LogP contribution is 2.35. The van der Waals surface area contributed by atoms with Gasteiger partial charge in [0.05, 0.1) is 13.3 Å². The van der Waals surface area contributed by atoms with E-state index in [1.807, 2.05) is 0 Å². The number of hydrogen-bond acceptors (Lipinski definition) is 2. The number of alkyl halides is 2. The van der Waals surface area contributed by atoms with Crippen LogP contribution in [0, 0.1) is 0 Å². The molecule has 0 spiro atoms. The molecule has 0 aliphatic heterocycles. The van der Waals surface area contributed by atoms with Crippen molar-refractivity contribution in [2.75, 3.05) is 7.11 Å². The van der Waals surface area contributed by atoms with Crippen LogP contribution in [0.3, 0.4) is 0 Å². The first-order chi connectivity index (χ1) is 8.54. The molecule has 2 rings (SSSR count). The van der Waals surface area contributed by atoms with Gasteiger partial charge in [0.1, 0.15) is 11.4 Å². The molecule has 0 saturated carbocycles. The molecule has 2 nitrogen and oxygen atoms in total. The van der Waals surface area contributed by atoms with E-state index < -0.39 is 5.92 Å². The quantitative estimate of drug-likeness (QED) is 0.854. The van der Waals surface area contributed by atoms with Gasteiger partial charge in [-0.2, -0.15) is 8.78 Å². The first-order valence-electron chi connectivity index (χ1n) is 5.18. The lowest BCUT2D eigenvalue weighted by Gasteiger charge is -2.16. The molecule has 1 heterocycles. The Labute approximate surface area is 112 Å². The van der Waals surface area contributed by atoms with Gasteiger partial charge in [0, 0.05) is 10.0 Å². The molecule has 0 N–H and O–H groups in total. The summed E-state index contributed by atoms with van der Waals surface area (Å²) >= 11 is 3.21. The summed E-state index contributed by atoms with van der Waals surface area (Å²) in [5.74, 6) is -2.67. The van der Waals surface area contributed by atoms with Crippen molar-refractivity contribution < 1.29 is 13.5 Å². The molecule has 0 amide bonds. The third-order valence-corrected chi connectivity index (χ3v) is 3.03. The molecule has 0 atom stereocenters. The van der Waals surface area contributed by atoms with Gasteiger partial charge in [-0.1, -0.05) is 28.1 Å². The monoisotopic (exact) mass is 313 g/mol. The average Bonchev–Trinajstić information content (AvgIpc) is 2.39. The Morgan fingerprint density at radius 3 is 2.28 bits per heavy atom. The lowest BCUT2D eigenvalue weighted by Crippen LogP contribution is -2.16. The minimum Gasteiger partial charge on any atom is -0.495 e. The van der Waals surface area contributed by atoms with Gasteiger partial charge in [-0.15, -0.1) is 0 Å². The van der Waals surface area contributed by atoms with E-state index >= 15 is 0 Å². The molecule has 0 radical (unpaired) electrons. The Morgan fingerprint density at radius 1 is 1.11 bits per heavy atom. The Balaban J connectivity index is 2.37. The summed E-state index contributed by atoms with van der Waals surface area (Å²) in [6.45, 7) is 0. The Kier molecular flexibility index (Phi) is 3.61. The lowest BCUT2D eigenvalue weighted by atomic mass is 10.1. The predicted octanol–water partition coefficient (Wildman–Crippen LogP) is 3.99. The Hall–Kier alpha value is -1.49. The first-order valence-corrected chi connectivity index (χ1v) is 5.97. The van der Waals surface area contributed by atoms with Crippen LogP contribution in [0.15, 0.2) is 47.1 Å². The van der Waals surface area contributed by atoms with E-state index in [-0.39, 0.29) is 11.3 Å². The third-order valence-electron chi connectivity index (χ3n) is 2.50. The van der Waals surface area contributed by atoms with Crippen LogP contribution in [0.4, 0.5) is 8.78 Å². The fraction of sp³-hybridized carbons (Fsp3) is 0.154. The summed E-state index contributed by atoms with van der Waals surface area (Å²) in [6.07, 6.45) is 1.28. The number of ether oxygens (including phenoxy) is 1. The fourth-order valence-corrected chi connectivity index (χ4v) is 1.76. The fourth-order valence-electron chi connectivity index (χ4n) is 1.49. The number of halogens is 3. The van der Waals surface area contributed by atoms with Crippen molar-refractivity contribution in [1.29, 1.82) is 0 Å². The summed E-state index contributed by atoms with van der Waals surface area (Å²) < 4.78 is 33.9. The predicted molar refractivity (Wildman–Crippen MR) is 67.9 cm³/mol. The highest BCUT2D eigenvalue weighted by Gasteiger charge is 2.35. The molecular formula is C13H10BrF2NO. The van der Waals surface area contributed by atoms with Crippen molar-refractivity contribution in [2.45, 2.75) is 5.92 Å². The van der Waals surface area contributed by atoms with Crippen LogP contribution < -0.4 is 4.74 Å². The second-order valence-corrected chi connectivity index (χ2v) is 4.58. The van der Waals surface area contributed by atoms with Crippen LogP contribution in [0.1, 0.15) is 11.3 Å². The summed E-state index contributed by atoms with van der Waals surface area (Å²) in [4.78, 5) is 3.73. The Bertz CT molecular complexity index is 526. The molecule has 5 heteroatoms. The van der Waals surface area contributed by atoms with Crippen LogP contribution >= 0.6 is 15.9 Å². The number of rotatable bonds is 3. The van der Waals surface area contributed by atoms with E-state index in [2.05, 4.69) is 20.9 Å². The summed E-state index contributed by atoms with van der Waals surface area (Å²) in [5, 5.41) is 0. The molecule has 94 valence electrons. The second kappa shape index (κ2) is 5.02. The van der Waals surface area contributed by atoms with E-state index in [1.54, 1.807) is 12.1 Å². The lowest BCUT2D eigenvalue weighted by molar-refractivity contribution is 0.0379. The van der Waals surface area contributed by atoms with Gasteiger partial charge >= 0.3 is 5.92 Å². The number of nitrogens with zero attached hydrogens (tertiary/aromatic N) is 1. The SMILES string of the molecule is COc1ccc(C(F)(F)c2ccc(Br)cc2)nc1. The van der Waals surface area contributed by atoms with Crippen molar-refractivity contribution in [2.24, 2.45) is 0 Å². The maximum absolute atomic E-state index is 14.1. The molecule has 0 aliphatic rings. The van der Waals surface area contributed by atoms with Crippen LogP contribution in [-0.4, -0.2) is 12.1 Å². The van der Waals surface area contributed by atoms with Gasteiger partial charge < -0.3 is 4.74 Å². The molecule has 0 bridgehead atoms. The normalized spacial score (nSPS) is 11.3. The third kappa shape index (κ3) is 2.51. The number of aromatic nitrogens is 1. The van der Waals surface area contributed by atoms with Crippen LogP contribution in [0.25, 0.3) is 0 Å². The van der Waals surface area contributed by atoms with Crippen molar-refractivity contribution in [3.8, 4) is 5.75 Å². The van der Waals surface area contributed by atoms with Gasteiger partial charge in [0.15, 0.2) is 0 Å². The molecular weight excluding hydrogens is 304 g/mol. The Morgan fingerprint density at radius 2 is 1.78 bits per heavy atom. The molecule has 1 aromatic carbocycles. The van der Waals surface area contributed by atoms with Crippen molar-refractivity contribution in [3.05, 3.63) is 58.3 Å². The highest BCUT2D eigenvalue weighted by molar-refractivity contribution is 9.10. The van der Waals surface area contributed by atoms with Crippen molar-refractivity contribution in [1.82, 2.24) is 4.98 Å². The molecule has 0 fully saturated rings. The van der Waals surface area contributed by atoms with Crippen LogP contribution in [-0.2, 0) is 5.92 Å². The minimum absolute atomic E-state index is 0.0941. The van der Waals surface area contributed by atoms with E-state index in [0.29, 0.717) is 5.75 Å². The molecule has 18 heavy (non-hydrogen) atoms. The zero-order chi connectivity index (χ0) is 13.2. The summed E-state index contributed by atoms with van der Waals surface area (Å²) in [6, 6.07) is 8.63. The molecule has 0 unspecified atom stereocenters. The second-order valence-electron chi connectivity index (χ2n) is 3.66. The number of methoxy groups -OCH3 is 1. The van der Waals surface area contributed by atoms with Gasteiger partial charge in [-0.05, 0) is 24.3 Å². The minimum atomic E-state index is -3.12.